The predicted molar refractivity (Wildman–Crippen MR) is 52.0 cm³/mol. The maximum Gasteiger partial charge on any atom is 0.307 e. The van der Waals surface area contributed by atoms with Crippen LogP contribution in [0.15, 0.2) is 24.0 Å². The Labute approximate surface area is 79.3 Å². The second-order valence-corrected chi connectivity index (χ2v) is 4.11. The van der Waals surface area contributed by atoms with Crippen LogP contribution >= 0.6 is 0 Å². The van der Waals surface area contributed by atoms with Crippen molar-refractivity contribution in [3.05, 3.63) is 24.0 Å². The lowest BCUT2D eigenvalue weighted by Crippen LogP contribution is -2.18. The molecule has 2 nitrogen and oxygen atoms in total. The van der Waals surface area contributed by atoms with Gasteiger partial charge < -0.3 is 4.74 Å². The molecule has 1 rings (SSSR count). The number of rotatable bonds is 1. The molecule has 0 heterocycles. The van der Waals surface area contributed by atoms with E-state index in [1.807, 2.05) is 6.08 Å². The van der Waals surface area contributed by atoms with Crippen LogP contribution in [0, 0.1) is 5.41 Å². The van der Waals surface area contributed by atoms with Gasteiger partial charge in [-0.3, -0.25) is 4.79 Å². The van der Waals surface area contributed by atoms with Crippen LogP contribution in [-0.2, 0) is 9.53 Å². The molecule has 1 aliphatic carbocycles. The largest absolute Gasteiger partial charge is 0.431 e. The zero-order valence-corrected chi connectivity index (χ0v) is 8.52. The summed E-state index contributed by atoms with van der Waals surface area (Å²) in [7, 11) is 0. The number of hydrogen-bond acceptors (Lipinski definition) is 2. The number of carbonyl (C=O) groups excluding carboxylic acids is 1. The lowest BCUT2D eigenvalue weighted by molar-refractivity contribution is -0.137. The van der Waals surface area contributed by atoms with E-state index in [2.05, 4.69) is 20.4 Å². The molecule has 0 saturated heterocycles. The maximum absolute atomic E-state index is 10.7. The molecule has 0 radical (unpaired) electrons. The van der Waals surface area contributed by atoms with E-state index in [1.165, 1.54) is 6.92 Å². The van der Waals surface area contributed by atoms with E-state index in [0.29, 0.717) is 0 Å². The van der Waals surface area contributed by atoms with Crippen molar-refractivity contribution >= 4 is 5.97 Å². The molecule has 0 N–H and O–H groups in total. The van der Waals surface area contributed by atoms with Gasteiger partial charge in [-0.2, -0.15) is 0 Å². The molecule has 0 saturated carbocycles. The Hall–Kier alpha value is -1.05. The first-order valence-electron chi connectivity index (χ1n) is 4.50. The van der Waals surface area contributed by atoms with Crippen molar-refractivity contribution in [3.8, 4) is 0 Å². The minimum atomic E-state index is -0.251. The highest BCUT2D eigenvalue weighted by atomic mass is 16.5. The van der Waals surface area contributed by atoms with Crippen molar-refractivity contribution < 1.29 is 9.53 Å². The molecule has 13 heavy (non-hydrogen) atoms. The topological polar surface area (TPSA) is 26.3 Å². The molecule has 0 aromatic rings. The highest BCUT2D eigenvalue weighted by Crippen LogP contribution is 2.37. The molecule has 1 aliphatic rings. The Bertz CT molecular complexity index is 272. The predicted octanol–water partition coefficient (Wildman–Crippen LogP) is 2.81. The highest BCUT2D eigenvalue weighted by Gasteiger charge is 2.26. The van der Waals surface area contributed by atoms with Crippen LogP contribution in [0.2, 0.25) is 0 Å². The SMILES string of the molecule is C=C1C=C(OC(C)=O)CCC1(C)C. The summed E-state index contributed by atoms with van der Waals surface area (Å²) >= 11 is 0. The van der Waals surface area contributed by atoms with Gasteiger partial charge in [0.25, 0.3) is 0 Å². The molecule has 2 heteroatoms. The summed E-state index contributed by atoms with van der Waals surface area (Å²) in [4.78, 5) is 10.7. The first-order valence-corrected chi connectivity index (χ1v) is 4.50. The van der Waals surface area contributed by atoms with E-state index >= 15 is 0 Å². The van der Waals surface area contributed by atoms with Crippen LogP contribution in [0.4, 0.5) is 0 Å². The third-order valence-electron chi connectivity index (χ3n) is 2.48. The second-order valence-electron chi connectivity index (χ2n) is 4.11. The molecule has 0 amide bonds. The molecular weight excluding hydrogens is 164 g/mol. The molecule has 0 unspecified atom stereocenters. The minimum Gasteiger partial charge on any atom is -0.431 e. The second kappa shape index (κ2) is 3.36. The molecule has 72 valence electrons. The van der Waals surface area contributed by atoms with Gasteiger partial charge in [0, 0.05) is 13.3 Å². The van der Waals surface area contributed by atoms with Crippen LogP contribution in [0.25, 0.3) is 0 Å². The Kier molecular flexibility index (Phi) is 2.60. The van der Waals surface area contributed by atoms with Crippen molar-refractivity contribution in [2.24, 2.45) is 5.41 Å². The number of allylic oxidation sites excluding steroid dienone is 3. The average Bonchev–Trinajstić information content (AvgIpc) is 1.97. The van der Waals surface area contributed by atoms with Gasteiger partial charge in [0.2, 0.25) is 0 Å². The van der Waals surface area contributed by atoms with Gasteiger partial charge in [-0.1, -0.05) is 20.4 Å². The lowest BCUT2D eigenvalue weighted by Gasteiger charge is -2.30. The summed E-state index contributed by atoms with van der Waals surface area (Å²) in [5.74, 6) is 0.496. The van der Waals surface area contributed by atoms with Crippen molar-refractivity contribution in [3.63, 3.8) is 0 Å². The Balaban J connectivity index is 2.73. The summed E-state index contributed by atoms with van der Waals surface area (Å²) in [6.45, 7) is 9.68. The Morgan fingerprint density at radius 1 is 1.62 bits per heavy atom. The van der Waals surface area contributed by atoms with Gasteiger partial charge in [-0.05, 0) is 23.5 Å². The van der Waals surface area contributed by atoms with Gasteiger partial charge in [0.1, 0.15) is 5.76 Å². The van der Waals surface area contributed by atoms with Crippen molar-refractivity contribution in [1.29, 1.82) is 0 Å². The van der Waals surface area contributed by atoms with Crippen LogP contribution in [0.1, 0.15) is 33.6 Å². The molecule has 0 spiro atoms. The number of esters is 1. The van der Waals surface area contributed by atoms with Gasteiger partial charge in [-0.15, -0.1) is 0 Å². The Morgan fingerprint density at radius 3 is 2.69 bits per heavy atom. The fourth-order valence-electron chi connectivity index (χ4n) is 1.32. The van der Waals surface area contributed by atoms with E-state index in [0.717, 1.165) is 24.2 Å². The highest BCUT2D eigenvalue weighted by molar-refractivity contribution is 5.67. The van der Waals surface area contributed by atoms with Crippen molar-refractivity contribution in [2.45, 2.75) is 33.6 Å². The summed E-state index contributed by atoms with van der Waals surface area (Å²) < 4.78 is 5.02. The van der Waals surface area contributed by atoms with Crippen molar-refractivity contribution in [1.82, 2.24) is 0 Å². The van der Waals surface area contributed by atoms with Crippen LogP contribution in [-0.4, -0.2) is 5.97 Å². The summed E-state index contributed by atoms with van der Waals surface area (Å²) in [6.07, 6.45) is 3.70. The molecule has 0 fully saturated rings. The van der Waals surface area contributed by atoms with Crippen LogP contribution in [0.5, 0.6) is 0 Å². The Morgan fingerprint density at radius 2 is 2.23 bits per heavy atom. The minimum absolute atomic E-state index is 0.143. The van der Waals surface area contributed by atoms with Crippen LogP contribution in [0.3, 0.4) is 0 Å². The first-order chi connectivity index (χ1) is 5.92. The number of ether oxygens (including phenoxy) is 1. The monoisotopic (exact) mass is 180 g/mol. The average molecular weight is 180 g/mol. The van der Waals surface area contributed by atoms with E-state index in [4.69, 9.17) is 4.74 Å². The summed E-state index contributed by atoms with van der Waals surface area (Å²) in [5, 5.41) is 0. The van der Waals surface area contributed by atoms with Gasteiger partial charge in [0.05, 0.1) is 0 Å². The van der Waals surface area contributed by atoms with E-state index in [-0.39, 0.29) is 11.4 Å². The summed E-state index contributed by atoms with van der Waals surface area (Å²) in [5.41, 5.74) is 1.18. The number of carbonyl (C=O) groups is 1. The van der Waals surface area contributed by atoms with E-state index in [9.17, 15) is 4.79 Å². The fraction of sp³-hybridized carbons (Fsp3) is 0.545. The van der Waals surface area contributed by atoms with Gasteiger partial charge >= 0.3 is 5.97 Å². The quantitative estimate of drug-likeness (QED) is 0.580. The molecule has 0 bridgehead atoms. The van der Waals surface area contributed by atoms with E-state index in [1.54, 1.807) is 0 Å². The first kappa shape index (κ1) is 10.0. The smallest absolute Gasteiger partial charge is 0.307 e. The molecule has 0 aliphatic heterocycles. The van der Waals surface area contributed by atoms with Crippen molar-refractivity contribution in [2.75, 3.05) is 0 Å². The third kappa shape index (κ3) is 2.44. The van der Waals surface area contributed by atoms with Gasteiger partial charge in [-0.25, -0.2) is 0 Å². The van der Waals surface area contributed by atoms with Gasteiger partial charge in [0.15, 0.2) is 0 Å². The molecular formula is C11H16O2. The molecule has 0 aromatic carbocycles. The fourth-order valence-corrected chi connectivity index (χ4v) is 1.32. The maximum atomic E-state index is 10.7. The molecule has 0 aromatic heterocycles. The zero-order valence-electron chi connectivity index (χ0n) is 8.52. The van der Waals surface area contributed by atoms with E-state index < -0.39 is 0 Å². The summed E-state index contributed by atoms with van der Waals surface area (Å²) in [6, 6.07) is 0. The molecule has 0 atom stereocenters. The lowest BCUT2D eigenvalue weighted by atomic mass is 9.77. The normalized spacial score (nSPS) is 20.8. The number of hydrogen-bond donors (Lipinski definition) is 0. The van der Waals surface area contributed by atoms with Crippen LogP contribution < -0.4 is 0 Å². The standard InChI is InChI=1S/C11H16O2/c1-8-7-10(13-9(2)12)5-6-11(8,3)4/h7H,1,5-6H2,2-4H3. The third-order valence-corrected chi connectivity index (χ3v) is 2.48. The zero-order chi connectivity index (χ0) is 10.1.